The molecule has 1 heteroatoms. The van der Waals surface area contributed by atoms with E-state index in [1.807, 2.05) is 0 Å². The lowest BCUT2D eigenvalue weighted by Crippen LogP contribution is -2.21. The lowest BCUT2D eigenvalue weighted by Gasteiger charge is -2.21. The summed E-state index contributed by atoms with van der Waals surface area (Å²) < 4.78 is 0. The molecule has 0 unspecified atom stereocenters. The Morgan fingerprint density at radius 3 is 2.45 bits per heavy atom. The molecule has 1 aliphatic carbocycles. The number of hydrogen-bond donors (Lipinski definition) is 0. The minimum absolute atomic E-state index is 1.06. The van der Waals surface area contributed by atoms with Gasteiger partial charge in [0.05, 0.1) is 0 Å². The van der Waals surface area contributed by atoms with Crippen LogP contribution in [0, 0.1) is 0 Å². The van der Waals surface area contributed by atoms with E-state index in [1.165, 1.54) is 38.7 Å². The van der Waals surface area contributed by atoms with Crippen LogP contribution in [0.1, 0.15) is 25.0 Å². The van der Waals surface area contributed by atoms with E-state index in [1.54, 1.807) is 0 Å². The van der Waals surface area contributed by atoms with E-state index in [9.17, 15) is 0 Å². The fourth-order valence-electron chi connectivity index (χ4n) is 3.74. The quantitative estimate of drug-likeness (QED) is 0.497. The molecule has 0 saturated heterocycles. The molecule has 0 amide bonds. The third kappa shape index (κ3) is 1.93. The second-order valence-electron chi connectivity index (χ2n) is 6.00. The zero-order chi connectivity index (χ0) is 15.1. The van der Waals surface area contributed by atoms with Gasteiger partial charge in [-0.05, 0) is 65.4 Å². The van der Waals surface area contributed by atoms with Gasteiger partial charge in [-0.15, -0.1) is 0 Å². The van der Waals surface area contributed by atoms with Crippen molar-refractivity contribution in [1.29, 1.82) is 0 Å². The van der Waals surface area contributed by atoms with Crippen LogP contribution >= 0.6 is 0 Å². The molecule has 0 aromatic heterocycles. The molecule has 110 valence electrons. The van der Waals surface area contributed by atoms with Crippen molar-refractivity contribution >= 4 is 16.5 Å². The molecule has 4 rings (SSSR count). The molecule has 0 spiro atoms. The first-order valence-electron chi connectivity index (χ1n) is 8.20. The Balaban J connectivity index is 1.85. The van der Waals surface area contributed by atoms with Gasteiger partial charge in [0.1, 0.15) is 0 Å². The standard InChI is InChI=1S/C21H21N/c1-3-22(4-2)17-10-12-19-16(13-17)14-21-18-8-6-5-7-15(18)9-11-20(19)21/h5-13H,3-4,14H2,1-2H3. The average Bonchev–Trinajstić information content (AvgIpc) is 2.94. The molecule has 3 aromatic rings. The average molecular weight is 287 g/mol. The minimum Gasteiger partial charge on any atom is -0.372 e. The van der Waals surface area contributed by atoms with Crippen LogP contribution in [-0.4, -0.2) is 13.1 Å². The van der Waals surface area contributed by atoms with Gasteiger partial charge in [0.2, 0.25) is 0 Å². The van der Waals surface area contributed by atoms with Crippen LogP contribution in [0.25, 0.3) is 21.9 Å². The summed E-state index contributed by atoms with van der Waals surface area (Å²) in [4.78, 5) is 2.42. The van der Waals surface area contributed by atoms with Gasteiger partial charge in [0.25, 0.3) is 0 Å². The van der Waals surface area contributed by atoms with Crippen LogP contribution in [0.4, 0.5) is 5.69 Å². The summed E-state index contributed by atoms with van der Waals surface area (Å²) in [6, 6.07) is 20.2. The van der Waals surface area contributed by atoms with Gasteiger partial charge in [-0.3, -0.25) is 0 Å². The summed E-state index contributed by atoms with van der Waals surface area (Å²) in [6.45, 7) is 6.56. The Morgan fingerprint density at radius 1 is 0.864 bits per heavy atom. The normalized spacial score (nSPS) is 12.3. The highest BCUT2D eigenvalue weighted by Crippen LogP contribution is 2.41. The predicted molar refractivity (Wildman–Crippen MR) is 95.8 cm³/mol. The first kappa shape index (κ1) is 13.4. The molecule has 0 atom stereocenters. The van der Waals surface area contributed by atoms with Crippen molar-refractivity contribution in [1.82, 2.24) is 0 Å². The third-order valence-corrected chi connectivity index (χ3v) is 4.92. The lowest BCUT2D eigenvalue weighted by molar-refractivity contribution is 0.865. The van der Waals surface area contributed by atoms with Crippen LogP contribution in [0.5, 0.6) is 0 Å². The largest absolute Gasteiger partial charge is 0.372 e. The second-order valence-corrected chi connectivity index (χ2v) is 6.00. The monoisotopic (exact) mass is 287 g/mol. The van der Waals surface area contributed by atoms with Crippen molar-refractivity contribution in [3.63, 3.8) is 0 Å². The van der Waals surface area contributed by atoms with Crippen molar-refractivity contribution < 1.29 is 0 Å². The molecule has 3 aromatic carbocycles. The first-order valence-corrected chi connectivity index (χ1v) is 8.20. The highest BCUT2D eigenvalue weighted by molar-refractivity contribution is 5.95. The zero-order valence-corrected chi connectivity index (χ0v) is 13.3. The van der Waals surface area contributed by atoms with Gasteiger partial charge in [-0.2, -0.15) is 0 Å². The van der Waals surface area contributed by atoms with Gasteiger partial charge >= 0.3 is 0 Å². The number of hydrogen-bond acceptors (Lipinski definition) is 1. The summed E-state index contributed by atoms with van der Waals surface area (Å²) in [6.07, 6.45) is 1.06. The van der Waals surface area contributed by atoms with Gasteiger partial charge in [-0.25, -0.2) is 0 Å². The highest BCUT2D eigenvalue weighted by Gasteiger charge is 2.21. The molecule has 0 N–H and O–H groups in total. The maximum Gasteiger partial charge on any atom is 0.0369 e. The van der Waals surface area contributed by atoms with Gasteiger partial charge in [-0.1, -0.05) is 42.5 Å². The van der Waals surface area contributed by atoms with Crippen molar-refractivity contribution in [2.45, 2.75) is 20.3 Å². The number of fused-ring (bicyclic) bond motifs is 5. The Hall–Kier alpha value is -2.28. The molecule has 0 saturated carbocycles. The van der Waals surface area contributed by atoms with Crippen LogP contribution in [-0.2, 0) is 6.42 Å². The maximum atomic E-state index is 2.42. The van der Waals surface area contributed by atoms with Crippen LogP contribution < -0.4 is 4.90 Å². The van der Waals surface area contributed by atoms with E-state index in [-0.39, 0.29) is 0 Å². The van der Waals surface area contributed by atoms with E-state index in [0.29, 0.717) is 0 Å². The number of nitrogens with zero attached hydrogens (tertiary/aromatic N) is 1. The summed E-state index contributed by atoms with van der Waals surface area (Å²) in [5.41, 5.74) is 7.14. The zero-order valence-electron chi connectivity index (χ0n) is 13.3. The van der Waals surface area contributed by atoms with Crippen molar-refractivity contribution in [2.75, 3.05) is 18.0 Å². The smallest absolute Gasteiger partial charge is 0.0369 e. The summed E-state index contributed by atoms with van der Waals surface area (Å²) in [5, 5.41) is 2.75. The first-order chi connectivity index (χ1) is 10.8. The van der Waals surface area contributed by atoms with Gasteiger partial charge in [0.15, 0.2) is 0 Å². The molecule has 0 fully saturated rings. The Labute approximate surface area is 132 Å². The molecule has 0 bridgehead atoms. The molecular formula is C21H21N. The van der Waals surface area contributed by atoms with E-state index in [2.05, 4.69) is 73.3 Å². The van der Waals surface area contributed by atoms with Crippen LogP contribution in [0.15, 0.2) is 54.6 Å². The molecule has 0 radical (unpaired) electrons. The molecule has 0 aliphatic heterocycles. The Kier molecular flexibility index (Phi) is 3.15. The SMILES string of the molecule is CCN(CC)c1ccc2c(c1)Cc1c-2ccc2ccccc12. The lowest BCUT2D eigenvalue weighted by atomic mass is 9.99. The maximum absolute atomic E-state index is 2.42. The Morgan fingerprint density at radius 2 is 1.64 bits per heavy atom. The van der Waals surface area contributed by atoms with Crippen molar-refractivity contribution in [2.24, 2.45) is 0 Å². The predicted octanol–water partition coefficient (Wildman–Crippen LogP) is 5.26. The summed E-state index contributed by atoms with van der Waals surface area (Å²) in [5.74, 6) is 0. The van der Waals surface area contributed by atoms with Gasteiger partial charge in [0, 0.05) is 18.8 Å². The molecule has 1 nitrogen and oxygen atoms in total. The fraction of sp³-hybridized carbons (Fsp3) is 0.238. The highest BCUT2D eigenvalue weighted by atomic mass is 15.1. The minimum atomic E-state index is 1.06. The van der Waals surface area contributed by atoms with Gasteiger partial charge < -0.3 is 4.90 Å². The number of rotatable bonds is 3. The molecule has 0 heterocycles. The summed E-state index contributed by atoms with van der Waals surface area (Å²) in [7, 11) is 0. The molecule has 1 aliphatic rings. The topological polar surface area (TPSA) is 3.24 Å². The van der Waals surface area contributed by atoms with E-state index in [4.69, 9.17) is 0 Å². The van der Waals surface area contributed by atoms with E-state index in [0.717, 1.165) is 19.5 Å². The number of anilines is 1. The van der Waals surface area contributed by atoms with E-state index >= 15 is 0 Å². The number of benzene rings is 3. The van der Waals surface area contributed by atoms with Crippen molar-refractivity contribution in [3.8, 4) is 11.1 Å². The van der Waals surface area contributed by atoms with Crippen LogP contribution in [0.2, 0.25) is 0 Å². The fourth-order valence-corrected chi connectivity index (χ4v) is 3.74. The second kappa shape index (κ2) is 5.17. The van der Waals surface area contributed by atoms with E-state index < -0.39 is 0 Å². The van der Waals surface area contributed by atoms with Crippen molar-refractivity contribution in [3.05, 3.63) is 65.7 Å². The molecule has 22 heavy (non-hydrogen) atoms. The molecular weight excluding hydrogens is 266 g/mol. The summed E-state index contributed by atoms with van der Waals surface area (Å²) >= 11 is 0. The Bertz CT molecular complexity index is 844. The third-order valence-electron chi connectivity index (χ3n) is 4.92. The van der Waals surface area contributed by atoms with Crippen LogP contribution in [0.3, 0.4) is 0 Å².